The highest BCUT2D eigenvalue weighted by atomic mass is 16.4. The summed E-state index contributed by atoms with van der Waals surface area (Å²) < 4.78 is 0. The molecule has 0 aliphatic rings. The molecule has 6 heteroatoms. The van der Waals surface area contributed by atoms with Gasteiger partial charge in [0.15, 0.2) is 0 Å². The Morgan fingerprint density at radius 2 is 1.57 bits per heavy atom. The van der Waals surface area contributed by atoms with Crippen LogP contribution in [0.15, 0.2) is 48.5 Å². The van der Waals surface area contributed by atoms with E-state index in [1.54, 1.807) is 24.3 Å². The van der Waals surface area contributed by atoms with Crippen molar-refractivity contribution in [3.63, 3.8) is 0 Å². The molecule has 0 aliphatic heterocycles. The van der Waals surface area contributed by atoms with Crippen molar-refractivity contribution in [1.82, 2.24) is 4.98 Å². The lowest BCUT2D eigenvalue weighted by atomic mass is 10.00. The van der Waals surface area contributed by atoms with Crippen LogP contribution in [-0.2, 0) is 0 Å². The summed E-state index contributed by atoms with van der Waals surface area (Å²) in [5.41, 5.74) is 0.799. The van der Waals surface area contributed by atoms with Crippen molar-refractivity contribution in [2.75, 3.05) is 0 Å². The highest BCUT2D eigenvalue weighted by Crippen LogP contribution is 2.29. The van der Waals surface area contributed by atoms with E-state index < -0.39 is 11.9 Å². The Balaban J connectivity index is 2.33. The van der Waals surface area contributed by atoms with Gasteiger partial charge >= 0.3 is 11.9 Å². The van der Waals surface area contributed by atoms with Gasteiger partial charge in [-0.25, -0.2) is 14.6 Å². The van der Waals surface area contributed by atoms with Crippen LogP contribution in [0.25, 0.3) is 22.2 Å². The number of hydrogen-bond acceptors (Lipinski definition) is 4. The van der Waals surface area contributed by atoms with Crippen molar-refractivity contribution >= 4 is 22.8 Å². The van der Waals surface area contributed by atoms with Gasteiger partial charge in [0.05, 0.1) is 22.3 Å². The fourth-order valence-electron chi connectivity index (χ4n) is 2.42. The van der Waals surface area contributed by atoms with Gasteiger partial charge in [-0.05, 0) is 30.3 Å². The molecule has 0 aliphatic carbocycles. The molecule has 0 atom stereocenters. The van der Waals surface area contributed by atoms with Gasteiger partial charge in [0, 0.05) is 10.9 Å². The molecular weight excluding hydrogens is 298 g/mol. The van der Waals surface area contributed by atoms with Crippen LogP contribution in [0.4, 0.5) is 0 Å². The Morgan fingerprint density at radius 1 is 0.870 bits per heavy atom. The monoisotopic (exact) mass is 309 g/mol. The van der Waals surface area contributed by atoms with E-state index in [1.807, 2.05) is 0 Å². The Bertz CT molecular complexity index is 949. The van der Waals surface area contributed by atoms with E-state index in [0.29, 0.717) is 10.9 Å². The van der Waals surface area contributed by atoms with Crippen LogP contribution in [0.5, 0.6) is 5.75 Å². The van der Waals surface area contributed by atoms with Crippen molar-refractivity contribution in [2.24, 2.45) is 0 Å². The maximum atomic E-state index is 11.5. The molecule has 23 heavy (non-hydrogen) atoms. The lowest BCUT2D eigenvalue weighted by Crippen LogP contribution is -2.03. The number of pyridine rings is 1. The third-order valence-electron chi connectivity index (χ3n) is 3.46. The van der Waals surface area contributed by atoms with Crippen molar-refractivity contribution in [2.45, 2.75) is 0 Å². The van der Waals surface area contributed by atoms with E-state index in [4.69, 9.17) is 0 Å². The zero-order chi connectivity index (χ0) is 16.6. The molecule has 1 aromatic heterocycles. The highest BCUT2D eigenvalue weighted by molar-refractivity contribution is 6.04. The molecule has 3 aromatic rings. The van der Waals surface area contributed by atoms with Crippen molar-refractivity contribution in [3.05, 3.63) is 59.7 Å². The standard InChI is InChI=1S/C17H11NO5/c19-9-5-6-11(12(7-9)16(20)21)15-8-13(17(22)23)10-3-1-2-4-14(10)18-15/h1-8,19H,(H,20,21)(H,22,23). The van der Waals surface area contributed by atoms with Gasteiger partial charge in [0.2, 0.25) is 0 Å². The molecule has 1 heterocycles. The second-order valence-electron chi connectivity index (χ2n) is 4.91. The first-order valence-corrected chi connectivity index (χ1v) is 6.67. The van der Waals surface area contributed by atoms with Crippen LogP contribution < -0.4 is 0 Å². The van der Waals surface area contributed by atoms with Gasteiger partial charge in [-0.3, -0.25) is 0 Å². The maximum Gasteiger partial charge on any atom is 0.336 e. The molecule has 114 valence electrons. The van der Waals surface area contributed by atoms with E-state index in [9.17, 15) is 24.9 Å². The third kappa shape index (κ3) is 2.57. The second kappa shape index (κ2) is 5.42. The minimum absolute atomic E-state index is 0.0370. The van der Waals surface area contributed by atoms with Crippen LogP contribution in [0, 0.1) is 0 Å². The summed E-state index contributed by atoms with van der Waals surface area (Å²) >= 11 is 0. The molecular formula is C17H11NO5. The Kier molecular flexibility index (Phi) is 3.42. The third-order valence-corrected chi connectivity index (χ3v) is 3.46. The number of carboxylic acid groups (broad SMARTS) is 2. The van der Waals surface area contributed by atoms with Crippen LogP contribution >= 0.6 is 0 Å². The van der Waals surface area contributed by atoms with Crippen molar-refractivity contribution in [1.29, 1.82) is 0 Å². The second-order valence-corrected chi connectivity index (χ2v) is 4.91. The fraction of sp³-hybridized carbons (Fsp3) is 0. The van der Waals surface area contributed by atoms with Crippen LogP contribution in [0.2, 0.25) is 0 Å². The number of rotatable bonds is 3. The van der Waals surface area contributed by atoms with Crippen LogP contribution in [0.1, 0.15) is 20.7 Å². The number of fused-ring (bicyclic) bond motifs is 1. The summed E-state index contributed by atoms with van der Waals surface area (Å²) in [6.45, 7) is 0. The zero-order valence-electron chi connectivity index (χ0n) is 11.7. The predicted molar refractivity (Wildman–Crippen MR) is 82.8 cm³/mol. The molecule has 3 rings (SSSR count). The minimum Gasteiger partial charge on any atom is -0.508 e. The van der Waals surface area contributed by atoms with E-state index in [2.05, 4.69) is 4.98 Å². The average Bonchev–Trinajstić information content (AvgIpc) is 2.53. The summed E-state index contributed by atoms with van der Waals surface area (Å²) in [5.74, 6) is -2.55. The van der Waals surface area contributed by atoms with Gasteiger partial charge in [0.25, 0.3) is 0 Å². The quantitative estimate of drug-likeness (QED) is 0.686. The first-order valence-electron chi connectivity index (χ1n) is 6.67. The summed E-state index contributed by atoms with van der Waals surface area (Å²) in [5, 5.41) is 28.6. The number of aromatic hydroxyl groups is 1. The van der Waals surface area contributed by atoms with E-state index in [0.717, 1.165) is 6.07 Å². The number of aromatic nitrogens is 1. The molecule has 0 bridgehead atoms. The van der Waals surface area contributed by atoms with E-state index in [-0.39, 0.29) is 28.1 Å². The van der Waals surface area contributed by atoms with Crippen LogP contribution in [-0.4, -0.2) is 32.2 Å². The molecule has 0 saturated carbocycles. The lowest BCUT2D eigenvalue weighted by Gasteiger charge is -2.09. The van der Waals surface area contributed by atoms with Gasteiger partial charge in [-0.1, -0.05) is 18.2 Å². The van der Waals surface area contributed by atoms with Crippen molar-refractivity contribution < 1.29 is 24.9 Å². The number of phenols is 1. The molecule has 3 N–H and O–H groups in total. The Labute approximate surface area is 130 Å². The molecule has 2 aromatic carbocycles. The number of para-hydroxylation sites is 1. The first-order chi connectivity index (χ1) is 11.0. The van der Waals surface area contributed by atoms with Gasteiger partial charge in [-0.2, -0.15) is 0 Å². The number of carbonyl (C=O) groups is 2. The SMILES string of the molecule is O=C(O)c1cc(O)ccc1-c1cc(C(=O)O)c2ccccc2n1. The van der Waals surface area contributed by atoms with Crippen molar-refractivity contribution in [3.8, 4) is 17.0 Å². The van der Waals surface area contributed by atoms with Gasteiger partial charge < -0.3 is 15.3 Å². The average molecular weight is 309 g/mol. The van der Waals surface area contributed by atoms with Gasteiger partial charge in [-0.15, -0.1) is 0 Å². The molecule has 0 saturated heterocycles. The summed E-state index contributed by atoms with van der Waals surface area (Å²) in [4.78, 5) is 27.2. The summed E-state index contributed by atoms with van der Waals surface area (Å²) in [7, 11) is 0. The molecule has 0 radical (unpaired) electrons. The smallest absolute Gasteiger partial charge is 0.336 e. The fourth-order valence-corrected chi connectivity index (χ4v) is 2.42. The van der Waals surface area contributed by atoms with Crippen LogP contribution in [0.3, 0.4) is 0 Å². The molecule has 0 unspecified atom stereocenters. The number of nitrogens with zero attached hydrogens (tertiary/aromatic N) is 1. The minimum atomic E-state index is -1.23. The summed E-state index contributed by atoms with van der Waals surface area (Å²) in [6.07, 6.45) is 0. The number of phenolic OH excluding ortho intramolecular Hbond substituents is 1. The topological polar surface area (TPSA) is 108 Å². The van der Waals surface area contributed by atoms with E-state index in [1.165, 1.54) is 18.2 Å². The number of aromatic carboxylic acids is 2. The zero-order valence-corrected chi connectivity index (χ0v) is 11.7. The molecule has 6 nitrogen and oxygen atoms in total. The van der Waals surface area contributed by atoms with E-state index >= 15 is 0 Å². The largest absolute Gasteiger partial charge is 0.508 e. The van der Waals surface area contributed by atoms with Gasteiger partial charge in [0.1, 0.15) is 5.75 Å². The summed E-state index contributed by atoms with van der Waals surface area (Å²) in [6, 6.07) is 11.9. The molecule has 0 spiro atoms. The number of carboxylic acids is 2. The Morgan fingerprint density at radius 3 is 2.26 bits per heavy atom. The Hall–Kier alpha value is -3.41. The maximum absolute atomic E-state index is 11.5. The first kappa shape index (κ1) is 14.5. The number of hydrogen-bond donors (Lipinski definition) is 3. The predicted octanol–water partition coefficient (Wildman–Crippen LogP) is 3.00. The lowest BCUT2D eigenvalue weighted by molar-refractivity contribution is 0.0688. The normalized spacial score (nSPS) is 10.6. The highest BCUT2D eigenvalue weighted by Gasteiger charge is 2.17. The number of benzene rings is 2. The molecule has 0 amide bonds. The molecule has 0 fully saturated rings.